The Balaban J connectivity index is 2.86. The highest BCUT2D eigenvalue weighted by molar-refractivity contribution is 6.30. The van der Waals surface area contributed by atoms with E-state index in [0.717, 1.165) is 11.3 Å². The summed E-state index contributed by atoms with van der Waals surface area (Å²) in [6, 6.07) is 5.36. The highest BCUT2D eigenvalue weighted by Gasteiger charge is 2.11. The Bertz CT molecular complexity index is 342. The smallest absolute Gasteiger partial charge is 0.124 e. The number of rotatable bonds is 5. The second kappa shape index (κ2) is 6.09. The van der Waals surface area contributed by atoms with Crippen molar-refractivity contribution in [1.82, 2.24) is 0 Å². The zero-order chi connectivity index (χ0) is 12.1. The fraction of sp³-hybridized carbons (Fsp3) is 0.500. The number of hydrogen-bond acceptors (Lipinski definition) is 3. The molecule has 4 heteroatoms. The van der Waals surface area contributed by atoms with E-state index < -0.39 is 0 Å². The minimum Gasteiger partial charge on any atom is -0.488 e. The first-order valence-corrected chi connectivity index (χ1v) is 5.63. The summed E-state index contributed by atoms with van der Waals surface area (Å²) in [7, 11) is 1.65. The first-order chi connectivity index (χ1) is 7.54. The van der Waals surface area contributed by atoms with Crippen LogP contribution in [0.5, 0.6) is 5.75 Å². The molecule has 0 aromatic heterocycles. The van der Waals surface area contributed by atoms with Crippen LogP contribution in [0.3, 0.4) is 0 Å². The lowest BCUT2D eigenvalue weighted by Gasteiger charge is -2.18. The molecule has 0 bridgehead atoms. The summed E-state index contributed by atoms with van der Waals surface area (Å²) in [5.74, 6) is 0.768. The SMILES string of the molecule is COCC(C)Oc1ccc(Cl)cc1[C@H](C)N. The lowest BCUT2D eigenvalue weighted by atomic mass is 10.1. The topological polar surface area (TPSA) is 44.5 Å². The van der Waals surface area contributed by atoms with Crippen molar-refractivity contribution < 1.29 is 9.47 Å². The first-order valence-electron chi connectivity index (χ1n) is 5.25. The van der Waals surface area contributed by atoms with Gasteiger partial charge in [0.2, 0.25) is 0 Å². The van der Waals surface area contributed by atoms with Crippen molar-refractivity contribution in [3.63, 3.8) is 0 Å². The summed E-state index contributed by atoms with van der Waals surface area (Å²) in [5.41, 5.74) is 6.78. The molecular weight excluding hydrogens is 226 g/mol. The summed E-state index contributed by atoms with van der Waals surface area (Å²) >= 11 is 5.92. The Hall–Kier alpha value is -0.770. The molecule has 1 aromatic carbocycles. The number of hydrogen-bond donors (Lipinski definition) is 1. The maximum atomic E-state index is 5.92. The third-order valence-corrected chi connectivity index (χ3v) is 2.43. The van der Waals surface area contributed by atoms with E-state index in [1.165, 1.54) is 0 Å². The molecule has 0 fully saturated rings. The average Bonchev–Trinajstić information content (AvgIpc) is 2.20. The Morgan fingerprint density at radius 3 is 2.62 bits per heavy atom. The van der Waals surface area contributed by atoms with Crippen molar-refractivity contribution in [2.24, 2.45) is 5.73 Å². The van der Waals surface area contributed by atoms with Gasteiger partial charge >= 0.3 is 0 Å². The number of nitrogens with two attached hydrogens (primary N) is 1. The van der Waals surface area contributed by atoms with Gasteiger partial charge in [-0.3, -0.25) is 0 Å². The first kappa shape index (κ1) is 13.3. The highest BCUT2D eigenvalue weighted by Crippen LogP contribution is 2.27. The number of methoxy groups -OCH3 is 1. The minimum absolute atomic E-state index is 0.0105. The summed E-state index contributed by atoms with van der Waals surface area (Å²) in [6.45, 7) is 4.39. The molecule has 0 saturated carbocycles. The fourth-order valence-corrected chi connectivity index (χ4v) is 1.65. The third kappa shape index (κ3) is 3.67. The van der Waals surface area contributed by atoms with Gasteiger partial charge in [0.1, 0.15) is 11.9 Å². The molecule has 0 aliphatic heterocycles. The van der Waals surface area contributed by atoms with E-state index in [9.17, 15) is 0 Å². The molecule has 1 rings (SSSR count). The molecule has 2 atom stereocenters. The Kier molecular flexibility index (Phi) is 5.06. The Morgan fingerprint density at radius 2 is 2.06 bits per heavy atom. The van der Waals surface area contributed by atoms with E-state index in [1.54, 1.807) is 13.2 Å². The lowest BCUT2D eigenvalue weighted by Crippen LogP contribution is -2.19. The quantitative estimate of drug-likeness (QED) is 0.865. The second-order valence-electron chi connectivity index (χ2n) is 3.85. The molecule has 0 spiro atoms. The number of ether oxygens (including phenoxy) is 2. The van der Waals surface area contributed by atoms with Gasteiger partial charge in [0.05, 0.1) is 6.61 Å². The molecule has 0 aliphatic rings. The second-order valence-corrected chi connectivity index (χ2v) is 4.29. The molecule has 16 heavy (non-hydrogen) atoms. The highest BCUT2D eigenvalue weighted by atomic mass is 35.5. The van der Waals surface area contributed by atoms with Gasteiger partial charge in [-0.25, -0.2) is 0 Å². The maximum absolute atomic E-state index is 5.92. The number of halogens is 1. The van der Waals surface area contributed by atoms with Crippen molar-refractivity contribution >= 4 is 11.6 Å². The van der Waals surface area contributed by atoms with Gasteiger partial charge in [-0.2, -0.15) is 0 Å². The summed E-state index contributed by atoms with van der Waals surface area (Å²) in [4.78, 5) is 0. The lowest BCUT2D eigenvalue weighted by molar-refractivity contribution is 0.0912. The van der Waals surface area contributed by atoms with E-state index in [4.69, 9.17) is 26.8 Å². The fourth-order valence-electron chi connectivity index (χ4n) is 1.47. The summed E-state index contributed by atoms with van der Waals surface area (Å²) in [5, 5.41) is 0.666. The zero-order valence-electron chi connectivity index (χ0n) is 9.87. The molecule has 1 aromatic rings. The van der Waals surface area contributed by atoms with Crippen LogP contribution in [0.25, 0.3) is 0 Å². The van der Waals surface area contributed by atoms with Crippen LogP contribution in [0.4, 0.5) is 0 Å². The Labute approximate surface area is 101 Å². The van der Waals surface area contributed by atoms with Crippen LogP contribution in [-0.2, 0) is 4.74 Å². The van der Waals surface area contributed by atoms with Gasteiger partial charge < -0.3 is 15.2 Å². The maximum Gasteiger partial charge on any atom is 0.124 e. The van der Waals surface area contributed by atoms with Crippen molar-refractivity contribution in [2.45, 2.75) is 26.0 Å². The predicted octanol–water partition coefficient (Wildman–Crippen LogP) is 2.77. The molecule has 0 amide bonds. The summed E-state index contributed by atoms with van der Waals surface area (Å²) < 4.78 is 10.8. The zero-order valence-corrected chi connectivity index (χ0v) is 10.6. The van der Waals surface area contributed by atoms with Crippen molar-refractivity contribution in [3.05, 3.63) is 28.8 Å². The molecule has 3 nitrogen and oxygen atoms in total. The van der Waals surface area contributed by atoms with Crippen LogP contribution in [0.15, 0.2) is 18.2 Å². The third-order valence-electron chi connectivity index (χ3n) is 2.19. The van der Waals surface area contributed by atoms with Crippen LogP contribution in [0, 0.1) is 0 Å². The van der Waals surface area contributed by atoms with Crippen LogP contribution >= 0.6 is 11.6 Å². The normalized spacial score (nSPS) is 14.6. The van der Waals surface area contributed by atoms with Crippen molar-refractivity contribution in [1.29, 1.82) is 0 Å². The summed E-state index contributed by atoms with van der Waals surface area (Å²) in [6.07, 6.45) is -0.0105. The van der Waals surface area contributed by atoms with Gasteiger partial charge in [-0.05, 0) is 32.0 Å². The van der Waals surface area contributed by atoms with Gasteiger partial charge in [0.15, 0.2) is 0 Å². The molecular formula is C12H18ClNO2. The van der Waals surface area contributed by atoms with E-state index in [-0.39, 0.29) is 12.1 Å². The van der Waals surface area contributed by atoms with Crippen molar-refractivity contribution in [3.8, 4) is 5.75 Å². The molecule has 0 aliphatic carbocycles. The van der Waals surface area contributed by atoms with Gasteiger partial charge in [0, 0.05) is 23.7 Å². The molecule has 0 saturated heterocycles. The average molecular weight is 244 g/mol. The largest absolute Gasteiger partial charge is 0.488 e. The molecule has 2 N–H and O–H groups in total. The van der Waals surface area contributed by atoms with E-state index in [0.29, 0.717) is 11.6 Å². The Morgan fingerprint density at radius 1 is 1.38 bits per heavy atom. The van der Waals surface area contributed by atoms with Gasteiger partial charge in [-0.1, -0.05) is 11.6 Å². The van der Waals surface area contributed by atoms with Gasteiger partial charge in [0.25, 0.3) is 0 Å². The standard InChI is InChI=1S/C12H18ClNO2/c1-8(7-15-3)16-12-5-4-10(13)6-11(12)9(2)14/h4-6,8-9H,7,14H2,1-3H3/t8?,9-/m0/s1. The van der Waals surface area contributed by atoms with E-state index >= 15 is 0 Å². The molecule has 0 heterocycles. The molecule has 1 unspecified atom stereocenters. The predicted molar refractivity (Wildman–Crippen MR) is 66.0 cm³/mol. The van der Waals surface area contributed by atoms with Crippen LogP contribution < -0.4 is 10.5 Å². The van der Waals surface area contributed by atoms with Crippen molar-refractivity contribution in [2.75, 3.05) is 13.7 Å². The van der Waals surface area contributed by atoms with Gasteiger partial charge in [-0.15, -0.1) is 0 Å². The van der Waals surface area contributed by atoms with Crippen LogP contribution in [-0.4, -0.2) is 19.8 Å². The van der Waals surface area contributed by atoms with Crippen LogP contribution in [0.1, 0.15) is 25.5 Å². The van der Waals surface area contributed by atoms with E-state index in [2.05, 4.69) is 0 Å². The van der Waals surface area contributed by atoms with Crippen LogP contribution in [0.2, 0.25) is 5.02 Å². The monoisotopic (exact) mass is 243 g/mol. The van der Waals surface area contributed by atoms with E-state index in [1.807, 2.05) is 26.0 Å². The number of benzene rings is 1. The molecule has 0 radical (unpaired) electrons. The minimum atomic E-state index is -0.108. The molecule has 90 valence electrons.